The maximum Gasteiger partial charge on any atom is 0.228 e. The molecule has 0 aromatic heterocycles. The minimum Gasteiger partial charge on any atom is -0.504 e. The predicted molar refractivity (Wildman–Crippen MR) is 102 cm³/mol. The first-order valence-corrected chi connectivity index (χ1v) is 8.77. The van der Waals surface area contributed by atoms with Crippen LogP contribution in [-0.2, 0) is 5.41 Å². The summed E-state index contributed by atoms with van der Waals surface area (Å²) in [6, 6.07) is 2.56. The Morgan fingerprint density at radius 2 is 1.39 bits per heavy atom. The molecule has 2 aromatic carbocycles. The lowest BCUT2D eigenvalue weighted by atomic mass is 9.80. The van der Waals surface area contributed by atoms with Gasteiger partial charge in [-0.1, -0.05) is 27.2 Å². The number of methoxy groups -OCH3 is 1. The van der Waals surface area contributed by atoms with E-state index in [2.05, 4.69) is 0 Å². The zero-order valence-corrected chi connectivity index (χ0v) is 16.5. The quantitative estimate of drug-likeness (QED) is 0.271. The Balaban J connectivity index is 2.56. The Bertz CT molecular complexity index is 873. The molecule has 0 saturated carbocycles. The molecule has 0 heterocycles. The van der Waals surface area contributed by atoms with Gasteiger partial charge in [-0.3, -0.25) is 9.78 Å². The molecule has 8 nitrogen and oxygen atoms in total. The average Bonchev–Trinajstić information content (AvgIpc) is 2.62. The Hall–Kier alpha value is -3.16. The zero-order chi connectivity index (χ0) is 21.2. The van der Waals surface area contributed by atoms with Crippen LogP contribution in [0.4, 0.5) is 0 Å². The molecule has 0 unspecified atom stereocenters. The van der Waals surface area contributed by atoms with E-state index in [-0.39, 0.29) is 23.0 Å². The van der Waals surface area contributed by atoms with Crippen molar-refractivity contribution in [1.29, 1.82) is 0 Å². The number of benzene rings is 2. The Morgan fingerprint density at radius 3 is 1.96 bits per heavy atom. The summed E-state index contributed by atoms with van der Waals surface area (Å²) in [6.45, 7) is 7.41. The fraction of sp³-hybridized carbons (Fsp3) is 0.400. The van der Waals surface area contributed by atoms with E-state index < -0.39 is 28.4 Å². The molecule has 2 aromatic rings. The molecule has 5 N–H and O–H groups in total. The van der Waals surface area contributed by atoms with E-state index in [0.29, 0.717) is 11.1 Å². The van der Waals surface area contributed by atoms with Gasteiger partial charge in [-0.25, -0.2) is 0 Å². The van der Waals surface area contributed by atoms with Crippen LogP contribution in [0.5, 0.6) is 46.0 Å². The van der Waals surface area contributed by atoms with Crippen LogP contribution in [0.2, 0.25) is 0 Å². The minimum absolute atomic E-state index is 0.0163. The van der Waals surface area contributed by atoms with Gasteiger partial charge >= 0.3 is 0 Å². The van der Waals surface area contributed by atoms with Crippen LogP contribution >= 0.6 is 0 Å². The van der Waals surface area contributed by atoms with Crippen molar-refractivity contribution in [3.63, 3.8) is 0 Å². The Morgan fingerprint density at radius 1 is 0.821 bits per heavy atom. The summed E-state index contributed by atoms with van der Waals surface area (Å²) in [5.41, 5.74) is 0.339. The lowest BCUT2D eigenvalue weighted by Crippen LogP contribution is -2.19. The molecule has 0 aliphatic heterocycles. The van der Waals surface area contributed by atoms with Crippen molar-refractivity contribution in [2.45, 2.75) is 46.0 Å². The molecule has 0 aliphatic rings. The molecule has 154 valence electrons. The topological polar surface area (TPSA) is 129 Å². The number of phenols is 5. The molecule has 0 aliphatic carbocycles. The third-order valence-corrected chi connectivity index (χ3v) is 4.60. The van der Waals surface area contributed by atoms with Crippen molar-refractivity contribution >= 4 is 0 Å². The molecule has 0 atom stereocenters. The molecule has 0 amide bonds. The van der Waals surface area contributed by atoms with Gasteiger partial charge < -0.3 is 30.3 Å². The van der Waals surface area contributed by atoms with Gasteiger partial charge in [0.15, 0.2) is 11.5 Å². The number of aromatic hydroxyl groups is 5. The fourth-order valence-corrected chi connectivity index (χ4v) is 3.09. The van der Waals surface area contributed by atoms with E-state index >= 15 is 0 Å². The van der Waals surface area contributed by atoms with Gasteiger partial charge in [-0.05, 0) is 30.9 Å². The van der Waals surface area contributed by atoms with E-state index in [1.807, 2.05) is 20.8 Å². The summed E-state index contributed by atoms with van der Waals surface area (Å²) in [7, 11) is 1.30. The van der Waals surface area contributed by atoms with Gasteiger partial charge in [-0.15, -0.1) is 0 Å². The lowest BCUT2D eigenvalue weighted by molar-refractivity contribution is -0.106. The monoisotopic (exact) mass is 394 g/mol. The van der Waals surface area contributed by atoms with Crippen LogP contribution in [0.1, 0.15) is 44.7 Å². The SMILES string of the molecule is CCCC(C)(C)c1cc(O)c(O)c(OC)c1OOc1c(C)cc(O)c(O)c1O. The highest BCUT2D eigenvalue weighted by molar-refractivity contribution is 5.64. The third kappa shape index (κ3) is 3.76. The number of ether oxygens (including phenoxy) is 1. The highest BCUT2D eigenvalue weighted by Crippen LogP contribution is 2.51. The first kappa shape index (κ1) is 21.1. The van der Waals surface area contributed by atoms with Crippen molar-refractivity contribution in [3.05, 3.63) is 23.3 Å². The number of hydrogen-bond acceptors (Lipinski definition) is 8. The molecule has 0 saturated heterocycles. The average molecular weight is 394 g/mol. The van der Waals surface area contributed by atoms with Crippen molar-refractivity contribution in [1.82, 2.24) is 0 Å². The lowest BCUT2D eigenvalue weighted by Gasteiger charge is -2.28. The highest BCUT2D eigenvalue weighted by Gasteiger charge is 2.31. The summed E-state index contributed by atoms with van der Waals surface area (Å²) in [5, 5.41) is 49.5. The van der Waals surface area contributed by atoms with E-state index in [4.69, 9.17) is 14.5 Å². The second kappa shape index (κ2) is 7.84. The van der Waals surface area contributed by atoms with Crippen molar-refractivity contribution in [3.8, 4) is 46.0 Å². The molecule has 2 rings (SSSR count). The zero-order valence-electron chi connectivity index (χ0n) is 16.5. The number of phenolic OH excluding ortho intramolecular Hbond substituents is 5. The van der Waals surface area contributed by atoms with E-state index in [0.717, 1.165) is 12.8 Å². The first-order chi connectivity index (χ1) is 13.0. The van der Waals surface area contributed by atoms with Gasteiger partial charge in [0.1, 0.15) is 0 Å². The van der Waals surface area contributed by atoms with Crippen LogP contribution in [0.3, 0.4) is 0 Å². The van der Waals surface area contributed by atoms with Crippen molar-refractivity contribution < 1.29 is 40.0 Å². The molecule has 0 bridgehead atoms. The summed E-state index contributed by atoms with van der Waals surface area (Å²) < 4.78 is 5.20. The van der Waals surface area contributed by atoms with Gasteiger partial charge in [0.05, 0.1) is 7.11 Å². The molecule has 8 heteroatoms. The van der Waals surface area contributed by atoms with E-state index in [1.54, 1.807) is 0 Å². The minimum atomic E-state index is -0.753. The van der Waals surface area contributed by atoms with E-state index in [9.17, 15) is 25.5 Å². The third-order valence-electron chi connectivity index (χ3n) is 4.60. The van der Waals surface area contributed by atoms with Gasteiger partial charge in [0, 0.05) is 11.1 Å². The summed E-state index contributed by atoms with van der Waals surface area (Å²) in [4.78, 5) is 10.7. The number of aryl methyl sites for hydroxylation is 1. The number of hydrogen-bond donors (Lipinski definition) is 5. The second-order valence-corrected chi connectivity index (χ2v) is 7.19. The smallest absolute Gasteiger partial charge is 0.228 e. The maximum absolute atomic E-state index is 10.2. The van der Waals surface area contributed by atoms with Crippen LogP contribution in [0.15, 0.2) is 12.1 Å². The maximum atomic E-state index is 10.2. The van der Waals surface area contributed by atoms with Crippen molar-refractivity contribution in [2.75, 3.05) is 7.11 Å². The highest BCUT2D eigenvalue weighted by atomic mass is 17.2. The molecular formula is C20H26O8. The van der Waals surface area contributed by atoms with Crippen LogP contribution in [0, 0.1) is 6.92 Å². The number of rotatable bonds is 7. The van der Waals surface area contributed by atoms with E-state index in [1.165, 1.54) is 26.2 Å². The summed E-state index contributed by atoms with van der Waals surface area (Å²) >= 11 is 0. The Kier molecular flexibility index (Phi) is 5.92. The van der Waals surface area contributed by atoms with Crippen LogP contribution in [0.25, 0.3) is 0 Å². The second-order valence-electron chi connectivity index (χ2n) is 7.19. The molecule has 0 radical (unpaired) electrons. The standard InChI is InChI=1S/C20H26O8/c1-6-7-20(3,4)11-9-13(22)15(24)19(26-5)18(11)28-27-17-10(2)8-12(21)14(23)16(17)25/h8-9,21-25H,6-7H2,1-5H3. The van der Waals surface area contributed by atoms with Crippen molar-refractivity contribution in [2.24, 2.45) is 0 Å². The van der Waals surface area contributed by atoms with Crippen LogP contribution in [-0.4, -0.2) is 32.6 Å². The molecule has 0 spiro atoms. The molecular weight excluding hydrogens is 368 g/mol. The summed E-state index contributed by atoms with van der Waals surface area (Å²) in [6.07, 6.45) is 1.59. The normalized spacial score (nSPS) is 11.3. The largest absolute Gasteiger partial charge is 0.504 e. The Labute approximate surface area is 163 Å². The van der Waals surface area contributed by atoms with Crippen LogP contribution < -0.4 is 14.5 Å². The molecule has 28 heavy (non-hydrogen) atoms. The molecule has 0 fully saturated rings. The van der Waals surface area contributed by atoms with Gasteiger partial charge in [0.2, 0.25) is 34.5 Å². The van der Waals surface area contributed by atoms with Gasteiger partial charge in [-0.2, -0.15) is 0 Å². The first-order valence-electron chi connectivity index (χ1n) is 8.77. The predicted octanol–water partition coefficient (Wildman–Crippen LogP) is 3.98. The summed E-state index contributed by atoms with van der Waals surface area (Å²) in [5.74, 6) is -3.19. The fourth-order valence-electron chi connectivity index (χ4n) is 3.09. The van der Waals surface area contributed by atoms with Gasteiger partial charge in [0.25, 0.3) is 0 Å².